The van der Waals surface area contributed by atoms with Crippen LogP contribution in [0.3, 0.4) is 0 Å². The van der Waals surface area contributed by atoms with Crippen molar-refractivity contribution in [2.45, 2.75) is 17.8 Å². The standard InChI is InChI=1S/C16H14F3N3O3S/c1-22-12-7-3-2-6-11(12)21-15(22)10-20-26(23,24)14-9-5-4-8-13(14)25-16(17,18)19/h2-9,20H,10H2,1H3. The van der Waals surface area contributed by atoms with Gasteiger partial charge < -0.3 is 9.30 Å². The van der Waals surface area contributed by atoms with Crippen LogP contribution in [0.2, 0.25) is 0 Å². The third-order valence-corrected chi connectivity index (χ3v) is 5.11. The van der Waals surface area contributed by atoms with Crippen LogP contribution in [0.1, 0.15) is 5.82 Å². The van der Waals surface area contributed by atoms with Gasteiger partial charge in [0.2, 0.25) is 10.0 Å². The van der Waals surface area contributed by atoms with E-state index in [0.717, 1.165) is 17.6 Å². The fraction of sp³-hybridized carbons (Fsp3) is 0.188. The van der Waals surface area contributed by atoms with Gasteiger partial charge in [-0.2, -0.15) is 0 Å². The number of sulfonamides is 1. The van der Waals surface area contributed by atoms with E-state index in [9.17, 15) is 21.6 Å². The number of alkyl halides is 3. The number of aryl methyl sites for hydroxylation is 1. The molecule has 26 heavy (non-hydrogen) atoms. The Kier molecular flexibility index (Phi) is 4.63. The lowest BCUT2D eigenvalue weighted by Crippen LogP contribution is -2.26. The molecule has 0 aliphatic carbocycles. The van der Waals surface area contributed by atoms with Gasteiger partial charge in [-0.1, -0.05) is 24.3 Å². The SMILES string of the molecule is Cn1c(CNS(=O)(=O)c2ccccc2OC(F)(F)F)nc2ccccc21. The first-order chi connectivity index (χ1) is 12.2. The molecule has 0 aliphatic rings. The topological polar surface area (TPSA) is 73.2 Å². The van der Waals surface area contributed by atoms with Crippen molar-refractivity contribution in [2.24, 2.45) is 7.05 Å². The molecule has 2 aromatic carbocycles. The maximum absolute atomic E-state index is 12.5. The highest BCUT2D eigenvalue weighted by Gasteiger charge is 2.34. The molecular weight excluding hydrogens is 371 g/mol. The largest absolute Gasteiger partial charge is 0.573 e. The summed E-state index contributed by atoms with van der Waals surface area (Å²) in [5.41, 5.74) is 1.49. The Balaban J connectivity index is 1.86. The lowest BCUT2D eigenvalue weighted by atomic mass is 10.3. The number of halogens is 3. The second-order valence-corrected chi connectivity index (χ2v) is 7.13. The molecule has 10 heteroatoms. The summed E-state index contributed by atoms with van der Waals surface area (Å²) in [4.78, 5) is 3.71. The molecule has 6 nitrogen and oxygen atoms in total. The number of aromatic nitrogens is 2. The maximum Gasteiger partial charge on any atom is 0.573 e. The van der Waals surface area contributed by atoms with Gasteiger partial charge in [-0.15, -0.1) is 13.2 Å². The van der Waals surface area contributed by atoms with Crippen molar-refractivity contribution in [2.75, 3.05) is 0 Å². The number of fused-ring (bicyclic) bond motifs is 1. The molecule has 1 N–H and O–H groups in total. The van der Waals surface area contributed by atoms with E-state index in [1.807, 2.05) is 12.1 Å². The van der Waals surface area contributed by atoms with Crippen LogP contribution in [0.4, 0.5) is 13.2 Å². The number of hydrogen-bond acceptors (Lipinski definition) is 4. The van der Waals surface area contributed by atoms with Gasteiger partial charge in [-0.05, 0) is 24.3 Å². The Morgan fingerprint density at radius 2 is 1.77 bits per heavy atom. The monoisotopic (exact) mass is 385 g/mol. The molecule has 0 bridgehead atoms. The van der Waals surface area contributed by atoms with Crippen molar-refractivity contribution in [1.82, 2.24) is 14.3 Å². The summed E-state index contributed by atoms with van der Waals surface area (Å²) in [6, 6.07) is 11.8. The highest BCUT2D eigenvalue weighted by molar-refractivity contribution is 7.89. The predicted molar refractivity (Wildman–Crippen MR) is 87.9 cm³/mol. The Bertz CT molecular complexity index is 1050. The number of imidazole rings is 1. The molecule has 0 spiro atoms. The van der Waals surface area contributed by atoms with Crippen molar-refractivity contribution in [1.29, 1.82) is 0 Å². The third-order valence-electron chi connectivity index (χ3n) is 3.66. The van der Waals surface area contributed by atoms with E-state index in [4.69, 9.17) is 0 Å². The van der Waals surface area contributed by atoms with Gasteiger partial charge in [0.15, 0.2) is 0 Å². The molecule has 3 aromatic rings. The highest BCUT2D eigenvalue weighted by atomic mass is 32.2. The second kappa shape index (κ2) is 6.61. The highest BCUT2D eigenvalue weighted by Crippen LogP contribution is 2.29. The quantitative estimate of drug-likeness (QED) is 0.733. The fourth-order valence-corrected chi connectivity index (χ4v) is 3.58. The van der Waals surface area contributed by atoms with Gasteiger partial charge in [0.1, 0.15) is 16.5 Å². The van der Waals surface area contributed by atoms with Crippen LogP contribution in [-0.2, 0) is 23.6 Å². The molecular formula is C16H14F3N3O3S. The zero-order valence-corrected chi connectivity index (χ0v) is 14.3. The number of nitrogens with one attached hydrogen (secondary N) is 1. The van der Waals surface area contributed by atoms with Crippen molar-refractivity contribution in [3.8, 4) is 5.75 Å². The summed E-state index contributed by atoms with van der Waals surface area (Å²) in [6.07, 6.45) is -5.00. The van der Waals surface area contributed by atoms with Crippen LogP contribution >= 0.6 is 0 Å². The van der Waals surface area contributed by atoms with Gasteiger partial charge in [0.05, 0.1) is 17.6 Å². The van der Waals surface area contributed by atoms with E-state index in [0.29, 0.717) is 11.3 Å². The van der Waals surface area contributed by atoms with Gasteiger partial charge in [-0.3, -0.25) is 0 Å². The molecule has 3 rings (SSSR count). The summed E-state index contributed by atoms with van der Waals surface area (Å²) in [7, 11) is -2.52. The second-order valence-electron chi connectivity index (χ2n) is 5.39. The Labute approximate surface area is 147 Å². The Hall–Kier alpha value is -2.59. The summed E-state index contributed by atoms with van der Waals surface area (Å²) in [5, 5.41) is 0. The number of para-hydroxylation sites is 3. The van der Waals surface area contributed by atoms with E-state index in [1.165, 1.54) is 12.1 Å². The normalized spacial score (nSPS) is 12.5. The first kappa shape index (κ1) is 18.2. The van der Waals surface area contributed by atoms with Crippen molar-refractivity contribution in [3.63, 3.8) is 0 Å². The smallest absolute Gasteiger partial charge is 0.404 e. The minimum absolute atomic E-state index is 0.187. The minimum Gasteiger partial charge on any atom is -0.404 e. The summed E-state index contributed by atoms with van der Waals surface area (Å²) >= 11 is 0. The number of rotatable bonds is 5. The van der Waals surface area contributed by atoms with Crippen LogP contribution in [0.15, 0.2) is 53.4 Å². The van der Waals surface area contributed by atoms with Gasteiger partial charge in [0.25, 0.3) is 0 Å². The molecule has 0 saturated heterocycles. The van der Waals surface area contributed by atoms with Crippen molar-refractivity contribution in [3.05, 3.63) is 54.4 Å². The lowest BCUT2D eigenvalue weighted by molar-refractivity contribution is -0.275. The summed E-state index contributed by atoms with van der Waals surface area (Å²) in [6.45, 7) is -0.187. The zero-order chi connectivity index (χ0) is 18.9. The molecule has 0 radical (unpaired) electrons. The van der Waals surface area contributed by atoms with E-state index in [2.05, 4.69) is 14.4 Å². The molecule has 1 aromatic heterocycles. The summed E-state index contributed by atoms with van der Waals surface area (Å²) in [5.74, 6) is -0.374. The third kappa shape index (κ3) is 3.81. The van der Waals surface area contributed by atoms with E-state index in [-0.39, 0.29) is 6.54 Å². The molecule has 1 heterocycles. The Morgan fingerprint density at radius 3 is 2.46 bits per heavy atom. The van der Waals surface area contributed by atoms with E-state index in [1.54, 1.807) is 23.7 Å². The fourth-order valence-electron chi connectivity index (χ4n) is 2.47. The van der Waals surface area contributed by atoms with E-state index >= 15 is 0 Å². The van der Waals surface area contributed by atoms with Crippen molar-refractivity contribution < 1.29 is 26.3 Å². The lowest BCUT2D eigenvalue weighted by Gasteiger charge is -2.13. The predicted octanol–water partition coefficient (Wildman–Crippen LogP) is 2.95. The van der Waals surface area contributed by atoms with Crippen LogP contribution in [0, 0.1) is 0 Å². The van der Waals surface area contributed by atoms with Gasteiger partial charge >= 0.3 is 6.36 Å². The number of nitrogens with zero attached hydrogens (tertiary/aromatic N) is 2. The first-order valence-electron chi connectivity index (χ1n) is 7.42. The molecule has 0 atom stereocenters. The first-order valence-corrected chi connectivity index (χ1v) is 8.90. The minimum atomic E-state index is -5.00. The maximum atomic E-state index is 12.5. The van der Waals surface area contributed by atoms with Crippen molar-refractivity contribution >= 4 is 21.1 Å². The molecule has 138 valence electrons. The van der Waals surface area contributed by atoms with Gasteiger partial charge in [0, 0.05) is 7.05 Å². The molecule has 0 unspecified atom stereocenters. The van der Waals surface area contributed by atoms with Crippen LogP contribution in [0.5, 0.6) is 5.75 Å². The molecule has 0 fully saturated rings. The van der Waals surface area contributed by atoms with Crippen LogP contribution < -0.4 is 9.46 Å². The molecule has 0 saturated carbocycles. The number of hydrogen-bond donors (Lipinski definition) is 1. The number of ether oxygens (including phenoxy) is 1. The Morgan fingerprint density at radius 1 is 1.12 bits per heavy atom. The van der Waals surface area contributed by atoms with Gasteiger partial charge in [-0.25, -0.2) is 18.1 Å². The zero-order valence-electron chi connectivity index (χ0n) is 13.5. The molecule has 0 aliphatic heterocycles. The van der Waals surface area contributed by atoms with Crippen LogP contribution in [0.25, 0.3) is 11.0 Å². The average Bonchev–Trinajstić information content (AvgIpc) is 2.89. The van der Waals surface area contributed by atoms with Crippen LogP contribution in [-0.4, -0.2) is 24.3 Å². The molecule has 0 amide bonds. The van der Waals surface area contributed by atoms with E-state index < -0.39 is 27.0 Å². The average molecular weight is 385 g/mol. The number of benzene rings is 2. The summed E-state index contributed by atoms with van der Waals surface area (Å²) < 4.78 is 70.1.